The molecule has 0 amide bonds. The lowest BCUT2D eigenvalue weighted by Gasteiger charge is -2.19. The number of carbonyl (C=O) groups excluding carboxylic acids is 1. The number of nitro groups is 1. The van der Waals surface area contributed by atoms with Crippen LogP contribution in [-0.2, 0) is 4.79 Å². The van der Waals surface area contributed by atoms with Crippen LogP contribution in [0.1, 0.15) is 31.2 Å². The van der Waals surface area contributed by atoms with Gasteiger partial charge in [-0.3, -0.25) is 10.1 Å². The third kappa shape index (κ3) is 4.87. The van der Waals surface area contributed by atoms with E-state index < -0.39 is 0 Å². The molecule has 0 fully saturated rings. The molecule has 100 valence electrons. The van der Waals surface area contributed by atoms with Crippen LogP contribution in [0.3, 0.4) is 0 Å². The maximum Gasteiger partial charge on any atom is 0.211 e. The van der Waals surface area contributed by atoms with Crippen molar-refractivity contribution in [3.05, 3.63) is 46.0 Å². The molecule has 0 spiro atoms. The van der Waals surface area contributed by atoms with Gasteiger partial charge in [0.25, 0.3) is 0 Å². The molecular weight excluding hydrogens is 250 g/mol. The van der Waals surface area contributed by atoms with E-state index in [1.165, 1.54) is 0 Å². The molecule has 1 aromatic rings. The van der Waals surface area contributed by atoms with Crippen molar-refractivity contribution in [2.75, 3.05) is 6.54 Å². The summed E-state index contributed by atoms with van der Waals surface area (Å²) in [6.07, 6.45) is 2.39. The van der Waals surface area contributed by atoms with Crippen LogP contribution in [-0.4, -0.2) is 17.8 Å². The van der Waals surface area contributed by atoms with Crippen LogP contribution in [0, 0.1) is 16.0 Å². The van der Waals surface area contributed by atoms with E-state index in [-0.39, 0.29) is 36.8 Å². The Kier molecular flexibility index (Phi) is 8.03. The first-order chi connectivity index (χ1) is 8.19. The fraction of sp³-hybridized carbons (Fsp3) is 0.462. The van der Waals surface area contributed by atoms with E-state index in [1.807, 2.05) is 37.3 Å². The molecule has 0 saturated carbocycles. The minimum absolute atomic E-state index is 0. The van der Waals surface area contributed by atoms with Crippen molar-refractivity contribution in [1.82, 2.24) is 0 Å². The number of benzene rings is 1. The van der Waals surface area contributed by atoms with E-state index in [0.717, 1.165) is 18.3 Å². The molecule has 0 aliphatic carbocycles. The van der Waals surface area contributed by atoms with Gasteiger partial charge in [-0.15, -0.1) is 0 Å². The molecule has 0 aromatic heterocycles. The summed E-state index contributed by atoms with van der Waals surface area (Å²) in [5, 5.41) is 10.7. The SMILES string of the molecule is CCC[C@H](C=O)[C@@H](C[N+](=O)[O-])c1ccccc1.S. The molecule has 4 nitrogen and oxygen atoms in total. The van der Waals surface area contributed by atoms with Crippen molar-refractivity contribution >= 4 is 19.8 Å². The highest BCUT2D eigenvalue weighted by Gasteiger charge is 2.26. The fourth-order valence-corrected chi connectivity index (χ4v) is 2.05. The summed E-state index contributed by atoms with van der Waals surface area (Å²) >= 11 is 0. The number of rotatable bonds is 7. The largest absolute Gasteiger partial charge is 0.303 e. The van der Waals surface area contributed by atoms with Crippen LogP contribution >= 0.6 is 13.5 Å². The number of hydrogen-bond donors (Lipinski definition) is 0. The molecule has 0 aliphatic heterocycles. The second kappa shape index (κ2) is 8.69. The van der Waals surface area contributed by atoms with Crippen molar-refractivity contribution < 1.29 is 9.72 Å². The van der Waals surface area contributed by atoms with Gasteiger partial charge in [-0.2, -0.15) is 13.5 Å². The molecule has 0 bridgehead atoms. The van der Waals surface area contributed by atoms with Gasteiger partial charge in [-0.05, 0) is 12.0 Å². The number of aldehydes is 1. The lowest BCUT2D eigenvalue weighted by Crippen LogP contribution is -2.22. The highest BCUT2D eigenvalue weighted by atomic mass is 32.1. The molecule has 0 radical (unpaired) electrons. The van der Waals surface area contributed by atoms with E-state index in [0.29, 0.717) is 6.42 Å². The minimum atomic E-state index is -0.343. The van der Waals surface area contributed by atoms with Gasteiger partial charge in [-0.25, -0.2) is 0 Å². The monoisotopic (exact) mass is 269 g/mol. The Balaban J connectivity index is 0.00000289. The first-order valence-corrected chi connectivity index (χ1v) is 5.81. The normalized spacial score (nSPS) is 13.2. The van der Waals surface area contributed by atoms with Crippen molar-refractivity contribution in [3.63, 3.8) is 0 Å². The van der Waals surface area contributed by atoms with E-state index >= 15 is 0 Å². The minimum Gasteiger partial charge on any atom is -0.303 e. The summed E-state index contributed by atoms with van der Waals surface area (Å²) in [5.74, 6) is -0.587. The van der Waals surface area contributed by atoms with Gasteiger partial charge >= 0.3 is 0 Å². The molecular formula is C13H19NO3S. The van der Waals surface area contributed by atoms with Crippen molar-refractivity contribution in [1.29, 1.82) is 0 Å². The molecule has 2 atom stereocenters. The molecule has 0 saturated heterocycles. The molecule has 5 heteroatoms. The van der Waals surface area contributed by atoms with Gasteiger partial charge in [0.1, 0.15) is 6.29 Å². The second-order valence-electron chi connectivity index (χ2n) is 4.12. The molecule has 0 aliphatic rings. The summed E-state index contributed by atoms with van der Waals surface area (Å²) < 4.78 is 0. The van der Waals surface area contributed by atoms with Crippen LogP contribution in [0.15, 0.2) is 30.3 Å². The van der Waals surface area contributed by atoms with Gasteiger partial charge in [0.2, 0.25) is 6.54 Å². The van der Waals surface area contributed by atoms with Crippen LogP contribution in [0.4, 0.5) is 0 Å². The number of carbonyl (C=O) groups is 1. The highest BCUT2D eigenvalue weighted by molar-refractivity contribution is 7.59. The van der Waals surface area contributed by atoms with E-state index in [1.54, 1.807) is 0 Å². The van der Waals surface area contributed by atoms with Gasteiger partial charge in [0.15, 0.2) is 0 Å². The quantitative estimate of drug-likeness (QED) is 0.434. The van der Waals surface area contributed by atoms with Crippen molar-refractivity contribution in [2.24, 2.45) is 5.92 Å². The van der Waals surface area contributed by atoms with E-state index in [9.17, 15) is 14.9 Å². The number of hydrogen-bond acceptors (Lipinski definition) is 3. The number of nitrogens with zero attached hydrogens (tertiary/aromatic N) is 1. The Labute approximate surface area is 114 Å². The van der Waals surface area contributed by atoms with E-state index in [4.69, 9.17) is 0 Å². The van der Waals surface area contributed by atoms with Gasteiger partial charge < -0.3 is 4.79 Å². The van der Waals surface area contributed by atoms with Crippen LogP contribution < -0.4 is 0 Å². The zero-order chi connectivity index (χ0) is 12.7. The summed E-state index contributed by atoms with van der Waals surface area (Å²) in [7, 11) is 0. The highest BCUT2D eigenvalue weighted by Crippen LogP contribution is 2.27. The standard InChI is InChI=1S/C13H17NO3.H2S/c1-2-6-12(10-15)13(9-14(16)17)11-7-4-3-5-8-11;/h3-5,7-8,10,12-13H,2,6,9H2,1H3;1H2/t12-,13+;/m1./s1. The summed E-state index contributed by atoms with van der Waals surface area (Å²) in [5.41, 5.74) is 0.870. The Morgan fingerprint density at radius 2 is 1.94 bits per heavy atom. The van der Waals surface area contributed by atoms with E-state index in [2.05, 4.69) is 0 Å². The zero-order valence-corrected chi connectivity index (χ0v) is 11.4. The lowest BCUT2D eigenvalue weighted by molar-refractivity contribution is -0.484. The molecule has 0 heterocycles. The Morgan fingerprint density at radius 1 is 1.33 bits per heavy atom. The first-order valence-electron chi connectivity index (χ1n) is 5.81. The summed E-state index contributed by atoms with van der Waals surface area (Å²) in [6, 6.07) is 9.25. The molecule has 1 aromatic carbocycles. The van der Waals surface area contributed by atoms with Gasteiger partial charge in [0, 0.05) is 10.8 Å². The third-order valence-electron chi connectivity index (χ3n) is 2.89. The Bertz CT molecular complexity index is 370. The van der Waals surface area contributed by atoms with Gasteiger partial charge in [0.05, 0.1) is 5.92 Å². The van der Waals surface area contributed by atoms with Crippen LogP contribution in [0.25, 0.3) is 0 Å². The summed E-state index contributed by atoms with van der Waals surface area (Å²) in [6.45, 7) is 1.79. The maximum absolute atomic E-state index is 11.1. The first kappa shape index (κ1) is 16.6. The second-order valence-corrected chi connectivity index (χ2v) is 4.12. The molecule has 0 unspecified atom stereocenters. The predicted molar refractivity (Wildman–Crippen MR) is 75.9 cm³/mol. The molecule has 1 rings (SSSR count). The summed E-state index contributed by atoms with van der Waals surface area (Å²) in [4.78, 5) is 21.4. The van der Waals surface area contributed by atoms with Crippen molar-refractivity contribution in [3.8, 4) is 0 Å². The van der Waals surface area contributed by atoms with Gasteiger partial charge in [-0.1, -0.05) is 43.7 Å². The van der Waals surface area contributed by atoms with Crippen molar-refractivity contribution in [2.45, 2.75) is 25.7 Å². The maximum atomic E-state index is 11.1. The average molecular weight is 269 g/mol. The molecule has 0 N–H and O–H groups in total. The average Bonchev–Trinajstić information content (AvgIpc) is 2.34. The van der Waals surface area contributed by atoms with Crippen LogP contribution in [0.2, 0.25) is 0 Å². The smallest absolute Gasteiger partial charge is 0.211 e. The predicted octanol–water partition coefficient (Wildman–Crippen LogP) is 2.77. The lowest BCUT2D eigenvalue weighted by atomic mass is 9.84. The Hall–Kier alpha value is -1.36. The zero-order valence-electron chi connectivity index (χ0n) is 10.4. The Morgan fingerprint density at radius 3 is 2.39 bits per heavy atom. The fourth-order valence-electron chi connectivity index (χ4n) is 2.05. The molecule has 18 heavy (non-hydrogen) atoms. The third-order valence-corrected chi connectivity index (χ3v) is 2.89. The topological polar surface area (TPSA) is 60.2 Å². The van der Waals surface area contributed by atoms with Crippen LogP contribution in [0.5, 0.6) is 0 Å².